The maximum Gasteiger partial charge on any atom is 0.338 e. The summed E-state index contributed by atoms with van der Waals surface area (Å²) in [6.07, 6.45) is 0. The first-order chi connectivity index (χ1) is 12.0. The fourth-order valence-electron chi connectivity index (χ4n) is 3.19. The van der Waals surface area contributed by atoms with Crippen LogP contribution < -0.4 is 5.32 Å². The molecule has 0 saturated heterocycles. The van der Waals surface area contributed by atoms with Crippen LogP contribution in [0.1, 0.15) is 38.8 Å². The highest BCUT2D eigenvalue weighted by Crippen LogP contribution is 2.26. The first-order valence-corrected chi connectivity index (χ1v) is 8.04. The minimum Gasteiger partial charge on any atom is -0.457 e. The molecule has 1 N–H and O–H groups in total. The number of ether oxygens (including phenoxy) is 1. The van der Waals surface area contributed by atoms with E-state index in [1.54, 1.807) is 36.1 Å². The summed E-state index contributed by atoms with van der Waals surface area (Å²) in [6, 6.07) is 11.8. The van der Waals surface area contributed by atoms with Gasteiger partial charge in [-0.15, -0.1) is 0 Å². The van der Waals surface area contributed by atoms with Gasteiger partial charge in [0.15, 0.2) is 0 Å². The van der Waals surface area contributed by atoms with Gasteiger partial charge in [0.2, 0.25) is 5.91 Å². The monoisotopic (exact) mass is 336 g/mol. The first kappa shape index (κ1) is 15.4. The van der Waals surface area contributed by atoms with Gasteiger partial charge in [-0.05, 0) is 36.8 Å². The maximum absolute atomic E-state index is 12.6. The van der Waals surface area contributed by atoms with Crippen molar-refractivity contribution in [1.82, 2.24) is 4.90 Å². The van der Waals surface area contributed by atoms with E-state index >= 15 is 0 Å². The third-order valence-electron chi connectivity index (χ3n) is 4.65. The van der Waals surface area contributed by atoms with E-state index in [-0.39, 0.29) is 24.4 Å². The number of fused-ring (bicyclic) bond motifs is 2. The summed E-state index contributed by atoms with van der Waals surface area (Å²) < 4.78 is 4.96. The van der Waals surface area contributed by atoms with Crippen molar-refractivity contribution in [2.45, 2.75) is 26.1 Å². The van der Waals surface area contributed by atoms with E-state index in [1.165, 1.54) is 0 Å². The third kappa shape index (κ3) is 2.55. The first-order valence-electron chi connectivity index (χ1n) is 8.04. The molecule has 126 valence electrons. The number of carbonyl (C=O) groups is 3. The zero-order chi connectivity index (χ0) is 17.6. The number of rotatable bonds is 3. The molecule has 2 aliphatic heterocycles. The number of amides is 2. The van der Waals surface area contributed by atoms with Gasteiger partial charge in [-0.25, -0.2) is 4.79 Å². The highest BCUT2D eigenvalue weighted by Gasteiger charge is 2.33. The molecule has 2 aromatic carbocycles. The molecule has 2 heterocycles. The fraction of sp³-hybridized carbons (Fsp3) is 0.211. The van der Waals surface area contributed by atoms with Gasteiger partial charge in [-0.3, -0.25) is 9.59 Å². The second kappa shape index (κ2) is 5.73. The smallest absolute Gasteiger partial charge is 0.338 e. The summed E-state index contributed by atoms with van der Waals surface area (Å²) in [6.45, 7) is 2.35. The zero-order valence-electron chi connectivity index (χ0n) is 13.6. The van der Waals surface area contributed by atoms with Crippen LogP contribution in [0.2, 0.25) is 0 Å². The van der Waals surface area contributed by atoms with Gasteiger partial charge in [0.25, 0.3) is 5.91 Å². The number of nitrogens with zero attached hydrogens (tertiary/aromatic N) is 1. The van der Waals surface area contributed by atoms with Gasteiger partial charge >= 0.3 is 5.97 Å². The van der Waals surface area contributed by atoms with Crippen molar-refractivity contribution in [1.29, 1.82) is 0 Å². The van der Waals surface area contributed by atoms with Crippen LogP contribution in [-0.2, 0) is 22.7 Å². The highest BCUT2D eigenvalue weighted by molar-refractivity contribution is 6.03. The molecule has 0 saturated carbocycles. The predicted molar refractivity (Wildman–Crippen MR) is 90.0 cm³/mol. The standard InChI is InChI=1S/C19H16N2O4/c1-11(21-9-12-4-2-3-5-15(12)18(21)23)17(22)20-14-6-7-16-13(8-14)10-25-19(16)24/h2-8,11H,9-10H2,1H3,(H,20,22)/t11-/m1/s1. The molecule has 0 bridgehead atoms. The Bertz CT molecular complexity index is 906. The lowest BCUT2D eigenvalue weighted by atomic mass is 10.1. The van der Waals surface area contributed by atoms with Crippen molar-refractivity contribution in [3.05, 3.63) is 64.7 Å². The Kier molecular flexibility index (Phi) is 3.53. The van der Waals surface area contributed by atoms with E-state index in [9.17, 15) is 14.4 Å². The molecular formula is C19H16N2O4. The normalized spacial score (nSPS) is 16.3. The van der Waals surface area contributed by atoms with Crippen molar-refractivity contribution in [2.24, 2.45) is 0 Å². The lowest BCUT2D eigenvalue weighted by Gasteiger charge is -2.23. The van der Waals surface area contributed by atoms with E-state index in [0.29, 0.717) is 23.4 Å². The van der Waals surface area contributed by atoms with Crippen LogP contribution in [-0.4, -0.2) is 28.7 Å². The Hall–Kier alpha value is -3.15. The minimum atomic E-state index is -0.606. The number of anilines is 1. The Morgan fingerprint density at radius 2 is 1.92 bits per heavy atom. The summed E-state index contributed by atoms with van der Waals surface area (Å²) >= 11 is 0. The van der Waals surface area contributed by atoms with Crippen molar-refractivity contribution in [3.63, 3.8) is 0 Å². The number of cyclic esters (lactones) is 1. The van der Waals surface area contributed by atoms with E-state index in [1.807, 2.05) is 18.2 Å². The van der Waals surface area contributed by atoms with Crippen LogP contribution >= 0.6 is 0 Å². The quantitative estimate of drug-likeness (QED) is 0.873. The average molecular weight is 336 g/mol. The Morgan fingerprint density at radius 1 is 1.12 bits per heavy atom. The van der Waals surface area contributed by atoms with Gasteiger partial charge in [-0.1, -0.05) is 18.2 Å². The number of hydrogen-bond donors (Lipinski definition) is 1. The SMILES string of the molecule is C[C@H](C(=O)Nc1ccc2c(c1)COC2=O)N1Cc2ccccc2C1=O. The van der Waals surface area contributed by atoms with Crippen molar-refractivity contribution in [3.8, 4) is 0 Å². The second-order valence-electron chi connectivity index (χ2n) is 6.20. The van der Waals surface area contributed by atoms with Crippen molar-refractivity contribution in [2.75, 3.05) is 5.32 Å². The molecule has 2 amide bonds. The largest absolute Gasteiger partial charge is 0.457 e. The summed E-state index contributed by atoms with van der Waals surface area (Å²) in [7, 11) is 0. The Balaban J connectivity index is 1.49. The Labute approximate surface area is 144 Å². The Morgan fingerprint density at radius 3 is 2.72 bits per heavy atom. The molecule has 0 aromatic heterocycles. The fourth-order valence-corrected chi connectivity index (χ4v) is 3.19. The summed E-state index contributed by atoms with van der Waals surface area (Å²) in [5.41, 5.74) is 3.44. The number of esters is 1. The third-order valence-corrected chi connectivity index (χ3v) is 4.65. The maximum atomic E-state index is 12.6. The molecule has 4 rings (SSSR count). The molecule has 0 unspecified atom stereocenters. The van der Waals surface area contributed by atoms with Gasteiger partial charge in [-0.2, -0.15) is 0 Å². The number of carbonyl (C=O) groups excluding carboxylic acids is 3. The van der Waals surface area contributed by atoms with Gasteiger partial charge in [0.1, 0.15) is 12.6 Å². The van der Waals surface area contributed by atoms with Crippen molar-refractivity contribution >= 4 is 23.5 Å². The van der Waals surface area contributed by atoms with E-state index in [2.05, 4.69) is 5.32 Å². The van der Waals surface area contributed by atoms with Crippen LogP contribution in [0.4, 0.5) is 5.69 Å². The molecule has 6 nitrogen and oxygen atoms in total. The van der Waals surface area contributed by atoms with Gasteiger partial charge in [0, 0.05) is 23.4 Å². The van der Waals surface area contributed by atoms with E-state index < -0.39 is 6.04 Å². The van der Waals surface area contributed by atoms with Crippen LogP contribution in [0, 0.1) is 0 Å². The molecule has 1 atom stereocenters. The van der Waals surface area contributed by atoms with Crippen molar-refractivity contribution < 1.29 is 19.1 Å². The summed E-state index contributed by atoms with van der Waals surface area (Å²) in [4.78, 5) is 38.1. The lowest BCUT2D eigenvalue weighted by Crippen LogP contribution is -2.42. The molecule has 0 spiro atoms. The lowest BCUT2D eigenvalue weighted by molar-refractivity contribution is -0.120. The topological polar surface area (TPSA) is 75.7 Å². The molecular weight excluding hydrogens is 320 g/mol. The predicted octanol–water partition coefficient (Wildman–Crippen LogP) is 2.34. The molecule has 0 radical (unpaired) electrons. The minimum absolute atomic E-state index is 0.133. The van der Waals surface area contributed by atoms with Gasteiger partial charge in [0.05, 0.1) is 5.56 Å². The number of hydrogen-bond acceptors (Lipinski definition) is 4. The molecule has 0 fully saturated rings. The van der Waals surface area contributed by atoms with Crippen LogP contribution in [0.15, 0.2) is 42.5 Å². The van der Waals surface area contributed by atoms with Crippen LogP contribution in [0.25, 0.3) is 0 Å². The average Bonchev–Trinajstić information content (AvgIpc) is 3.15. The van der Waals surface area contributed by atoms with Crippen LogP contribution in [0.5, 0.6) is 0 Å². The molecule has 25 heavy (non-hydrogen) atoms. The molecule has 2 aliphatic rings. The highest BCUT2D eigenvalue weighted by atomic mass is 16.5. The zero-order valence-corrected chi connectivity index (χ0v) is 13.6. The summed E-state index contributed by atoms with van der Waals surface area (Å²) in [5.74, 6) is -0.751. The van der Waals surface area contributed by atoms with Crippen LogP contribution in [0.3, 0.4) is 0 Å². The summed E-state index contributed by atoms with van der Waals surface area (Å²) in [5, 5.41) is 2.81. The second-order valence-corrected chi connectivity index (χ2v) is 6.20. The van der Waals surface area contributed by atoms with E-state index in [0.717, 1.165) is 11.1 Å². The van der Waals surface area contributed by atoms with E-state index in [4.69, 9.17) is 4.74 Å². The van der Waals surface area contributed by atoms with Gasteiger partial charge < -0.3 is 15.0 Å². The molecule has 0 aliphatic carbocycles. The molecule has 6 heteroatoms. The number of nitrogens with one attached hydrogen (secondary N) is 1. The number of benzene rings is 2. The molecule has 2 aromatic rings.